The molecule has 0 aliphatic heterocycles. The molecule has 0 unspecified atom stereocenters. The maximum atomic E-state index is 11.0. The maximum absolute atomic E-state index is 11.0. The van der Waals surface area contributed by atoms with Crippen molar-refractivity contribution in [1.82, 2.24) is 9.78 Å². The average Bonchev–Trinajstić information content (AvgIpc) is 2.32. The summed E-state index contributed by atoms with van der Waals surface area (Å²) in [5.74, 6) is -0.195. The number of nitrogens with zero attached hydrogens (tertiary/aromatic N) is 2. The van der Waals surface area contributed by atoms with Gasteiger partial charge in [-0.25, -0.2) is 0 Å². The van der Waals surface area contributed by atoms with Crippen LogP contribution in [-0.2, 0) is 11.8 Å². The molecule has 3 N–H and O–H groups in total. The van der Waals surface area contributed by atoms with Crippen LogP contribution in [0.3, 0.4) is 0 Å². The number of carbonyl (C=O) groups excluding carboxylic acids is 1. The fourth-order valence-electron chi connectivity index (χ4n) is 1.14. The number of amides is 1. The molecule has 1 heterocycles. The Morgan fingerprint density at radius 1 is 1.62 bits per heavy atom. The van der Waals surface area contributed by atoms with E-state index in [1.165, 1.54) is 0 Å². The van der Waals surface area contributed by atoms with Crippen LogP contribution in [0.4, 0.5) is 5.69 Å². The molecular formula is C8H14N4O. The summed E-state index contributed by atoms with van der Waals surface area (Å²) in [6.45, 7) is 3.74. The molecule has 0 fully saturated rings. The first-order valence-corrected chi connectivity index (χ1v) is 4.06. The standard InChI is InChI=1S/C8H14N4O/c1-5-8(10-7(13)4-9)6(2)12(3)11-5/h4,9H2,1-3H3,(H,10,13). The Kier molecular flexibility index (Phi) is 2.67. The molecule has 1 aromatic rings. The molecule has 1 rings (SSSR count). The molecule has 0 atom stereocenters. The predicted octanol–water partition coefficient (Wildman–Crippen LogP) is -0.0659. The summed E-state index contributed by atoms with van der Waals surface area (Å²) in [4.78, 5) is 11.0. The Morgan fingerprint density at radius 2 is 2.23 bits per heavy atom. The van der Waals surface area contributed by atoms with Crippen molar-refractivity contribution in [3.8, 4) is 0 Å². The normalized spacial score (nSPS) is 10.2. The summed E-state index contributed by atoms with van der Waals surface area (Å²) in [7, 11) is 1.83. The third-order valence-corrected chi connectivity index (χ3v) is 1.96. The van der Waals surface area contributed by atoms with Gasteiger partial charge in [-0.15, -0.1) is 0 Å². The number of aromatic nitrogens is 2. The lowest BCUT2D eigenvalue weighted by molar-refractivity contribution is -0.114. The van der Waals surface area contributed by atoms with Gasteiger partial charge in [-0.05, 0) is 13.8 Å². The second-order valence-corrected chi connectivity index (χ2v) is 2.92. The zero-order chi connectivity index (χ0) is 10.0. The van der Waals surface area contributed by atoms with Crippen molar-refractivity contribution in [2.45, 2.75) is 13.8 Å². The number of nitrogens with one attached hydrogen (secondary N) is 1. The molecule has 0 saturated carbocycles. The lowest BCUT2D eigenvalue weighted by Crippen LogP contribution is -2.22. The topological polar surface area (TPSA) is 72.9 Å². The van der Waals surface area contributed by atoms with Crippen LogP contribution in [0.1, 0.15) is 11.4 Å². The third-order valence-electron chi connectivity index (χ3n) is 1.96. The van der Waals surface area contributed by atoms with Gasteiger partial charge in [0, 0.05) is 7.05 Å². The van der Waals surface area contributed by atoms with Crippen molar-refractivity contribution in [3.05, 3.63) is 11.4 Å². The number of hydrogen-bond donors (Lipinski definition) is 2. The van der Waals surface area contributed by atoms with Crippen LogP contribution in [0, 0.1) is 13.8 Å². The Balaban J connectivity index is 2.94. The van der Waals surface area contributed by atoms with Crippen LogP contribution in [0.5, 0.6) is 0 Å². The average molecular weight is 182 g/mol. The second-order valence-electron chi connectivity index (χ2n) is 2.92. The van der Waals surface area contributed by atoms with Crippen LogP contribution < -0.4 is 11.1 Å². The highest BCUT2D eigenvalue weighted by Crippen LogP contribution is 2.17. The second kappa shape index (κ2) is 3.57. The van der Waals surface area contributed by atoms with Gasteiger partial charge in [0.25, 0.3) is 0 Å². The molecule has 0 aliphatic rings. The van der Waals surface area contributed by atoms with E-state index in [9.17, 15) is 4.79 Å². The Bertz CT molecular complexity index is 329. The zero-order valence-electron chi connectivity index (χ0n) is 8.09. The first-order chi connectivity index (χ1) is 6.06. The van der Waals surface area contributed by atoms with Gasteiger partial charge in [0.05, 0.1) is 23.6 Å². The SMILES string of the molecule is Cc1nn(C)c(C)c1NC(=O)CN. The molecule has 0 bridgehead atoms. The van der Waals surface area contributed by atoms with Crippen molar-refractivity contribution in [1.29, 1.82) is 0 Å². The smallest absolute Gasteiger partial charge is 0.238 e. The van der Waals surface area contributed by atoms with E-state index >= 15 is 0 Å². The van der Waals surface area contributed by atoms with Crippen molar-refractivity contribution in [2.75, 3.05) is 11.9 Å². The van der Waals surface area contributed by atoms with E-state index in [2.05, 4.69) is 10.4 Å². The van der Waals surface area contributed by atoms with E-state index in [0.717, 1.165) is 17.1 Å². The molecule has 0 aliphatic carbocycles. The zero-order valence-corrected chi connectivity index (χ0v) is 8.09. The van der Waals surface area contributed by atoms with Crippen LogP contribution in [0.2, 0.25) is 0 Å². The Hall–Kier alpha value is -1.36. The molecule has 0 radical (unpaired) electrons. The highest BCUT2D eigenvalue weighted by molar-refractivity contribution is 5.93. The summed E-state index contributed by atoms with van der Waals surface area (Å²) in [5, 5.41) is 6.86. The molecule has 5 nitrogen and oxygen atoms in total. The Morgan fingerprint density at radius 3 is 2.62 bits per heavy atom. The largest absolute Gasteiger partial charge is 0.322 e. The quantitative estimate of drug-likeness (QED) is 0.672. The van der Waals surface area contributed by atoms with E-state index in [0.29, 0.717) is 0 Å². The maximum Gasteiger partial charge on any atom is 0.238 e. The first-order valence-electron chi connectivity index (χ1n) is 4.06. The lowest BCUT2D eigenvalue weighted by Gasteiger charge is -2.02. The first kappa shape index (κ1) is 9.73. The summed E-state index contributed by atoms with van der Waals surface area (Å²) in [6, 6.07) is 0. The Labute approximate surface area is 76.9 Å². The van der Waals surface area contributed by atoms with Crippen molar-refractivity contribution >= 4 is 11.6 Å². The van der Waals surface area contributed by atoms with E-state index in [1.807, 2.05) is 20.9 Å². The summed E-state index contributed by atoms with van der Waals surface area (Å²) in [5.41, 5.74) is 7.69. The molecule has 0 saturated heterocycles. The minimum absolute atomic E-state index is 0.00618. The molecule has 0 spiro atoms. The van der Waals surface area contributed by atoms with E-state index in [1.54, 1.807) is 4.68 Å². The van der Waals surface area contributed by atoms with E-state index in [4.69, 9.17) is 5.73 Å². The summed E-state index contributed by atoms with van der Waals surface area (Å²) >= 11 is 0. The minimum Gasteiger partial charge on any atom is -0.322 e. The van der Waals surface area contributed by atoms with Crippen molar-refractivity contribution < 1.29 is 4.79 Å². The van der Waals surface area contributed by atoms with Crippen LogP contribution in [0.25, 0.3) is 0 Å². The van der Waals surface area contributed by atoms with Crippen LogP contribution >= 0.6 is 0 Å². The number of aryl methyl sites for hydroxylation is 2. The highest BCUT2D eigenvalue weighted by atomic mass is 16.1. The van der Waals surface area contributed by atoms with E-state index in [-0.39, 0.29) is 12.5 Å². The number of nitrogens with two attached hydrogens (primary N) is 1. The summed E-state index contributed by atoms with van der Waals surface area (Å²) in [6.07, 6.45) is 0. The van der Waals surface area contributed by atoms with E-state index < -0.39 is 0 Å². The van der Waals surface area contributed by atoms with Gasteiger partial charge < -0.3 is 11.1 Å². The fourth-order valence-corrected chi connectivity index (χ4v) is 1.14. The molecule has 5 heteroatoms. The van der Waals surface area contributed by atoms with Gasteiger partial charge in [-0.3, -0.25) is 9.48 Å². The van der Waals surface area contributed by atoms with Gasteiger partial charge in [-0.2, -0.15) is 5.10 Å². The molecule has 1 aromatic heterocycles. The lowest BCUT2D eigenvalue weighted by atomic mass is 10.3. The van der Waals surface area contributed by atoms with Crippen molar-refractivity contribution in [2.24, 2.45) is 12.8 Å². The van der Waals surface area contributed by atoms with Crippen LogP contribution in [0.15, 0.2) is 0 Å². The molecule has 0 aromatic carbocycles. The summed E-state index contributed by atoms with van der Waals surface area (Å²) < 4.78 is 1.72. The predicted molar refractivity (Wildman–Crippen MR) is 50.4 cm³/mol. The number of rotatable bonds is 2. The number of carbonyl (C=O) groups is 1. The highest BCUT2D eigenvalue weighted by Gasteiger charge is 2.10. The van der Waals surface area contributed by atoms with Gasteiger partial charge in [0.1, 0.15) is 0 Å². The van der Waals surface area contributed by atoms with Crippen molar-refractivity contribution in [3.63, 3.8) is 0 Å². The van der Waals surface area contributed by atoms with Gasteiger partial charge in [-0.1, -0.05) is 0 Å². The molecule has 13 heavy (non-hydrogen) atoms. The van der Waals surface area contributed by atoms with Gasteiger partial charge in [0.15, 0.2) is 0 Å². The minimum atomic E-state index is -0.195. The van der Waals surface area contributed by atoms with Crippen LogP contribution in [-0.4, -0.2) is 22.2 Å². The molecule has 1 amide bonds. The monoisotopic (exact) mass is 182 g/mol. The molecular weight excluding hydrogens is 168 g/mol. The molecule has 72 valence electrons. The number of anilines is 1. The van der Waals surface area contributed by atoms with Gasteiger partial charge in [0.2, 0.25) is 5.91 Å². The third kappa shape index (κ3) is 1.86. The van der Waals surface area contributed by atoms with Gasteiger partial charge >= 0.3 is 0 Å². The number of hydrogen-bond acceptors (Lipinski definition) is 3. The fraction of sp³-hybridized carbons (Fsp3) is 0.500.